The highest BCUT2D eigenvalue weighted by Crippen LogP contribution is 2.17. The van der Waals surface area contributed by atoms with Crippen molar-refractivity contribution >= 4 is 40.7 Å². The number of benzene rings is 3. The molecule has 5 nitrogen and oxygen atoms in total. The maximum Gasteiger partial charge on any atom is 0.273 e. The van der Waals surface area contributed by atoms with Crippen LogP contribution in [0, 0.1) is 25.2 Å². The number of para-hydroxylation sites is 1. The van der Waals surface area contributed by atoms with Crippen LogP contribution in [0.15, 0.2) is 89.7 Å². The molecule has 35 heavy (non-hydrogen) atoms. The van der Waals surface area contributed by atoms with Gasteiger partial charge in [-0.15, -0.1) is 11.3 Å². The summed E-state index contributed by atoms with van der Waals surface area (Å²) in [5, 5.41) is 12.8. The zero-order chi connectivity index (χ0) is 24.8. The van der Waals surface area contributed by atoms with E-state index in [-0.39, 0.29) is 15.8 Å². The highest BCUT2D eigenvalue weighted by atomic mass is 32.1. The Morgan fingerprint density at radius 1 is 1.00 bits per heavy atom. The lowest BCUT2D eigenvalue weighted by molar-refractivity contribution is -0.111. The molecule has 172 valence electrons. The average Bonchev–Trinajstić information content (AvgIpc) is 3.18. The number of hydrogen-bond donors (Lipinski definition) is 1. The van der Waals surface area contributed by atoms with Crippen molar-refractivity contribution in [2.75, 3.05) is 5.32 Å². The van der Waals surface area contributed by atoms with Crippen LogP contribution >= 0.6 is 11.3 Å². The van der Waals surface area contributed by atoms with Crippen LogP contribution in [0.1, 0.15) is 16.7 Å². The second-order valence-electron chi connectivity index (χ2n) is 7.94. The van der Waals surface area contributed by atoms with Crippen LogP contribution in [0.25, 0.3) is 23.4 Å². The maximum absolute atomic E-state index is 13.4. The van der Waals surface area contributed by atoms with Crippen molar-refractivity contribution in [3.05, 3.63) is 121 Å². The lowest BCUT2D eigenvalue weighted by Crippen LogP contribution is -2.32. The number of hydrogen-bond acceptors (Lipinski definition) is 4. The van der Waals surface area contributed by atoms with Crippen molar-refractivity contribution in [1.82, 2.24) is 4.57 Å². The molecule has 4 rings (SSSR count). The number of anilines is 1. The Morgan fingerprint density at radius 2 is 1.69 bits per heavy atom. The number of thiazole rings is 1. The standard InChI is InChI=1S/C29H23N3O2S/c1-20-16-17-21(2)25(18-20)31-27(33)24(19-30)29-32(23-13-7-4-8-14-23)28(34)26(35-29)15-9-12-22-10-5-3-6-11-22/h3-18H,1-2H3,(H,31,33). The molecular formula is C29H23N3O2S. The van der Waals surface area contributed by atoms with E-state index in [0.717, 1.165) is 28.0 Å². The van der Waals surface area contributed by atoms with Crippen molar-refractivity contribution in [2.24, 2.45) is 0 Å². The van der Waals surface area contributed by atoms with Crippen LogP contribution in [-0.2, 0) is 4.79 Å². The van der Waals surface area contributed by atoms with Gasteiger partial charge in [0.2, 0.25) is 0 Å². The van der Waals surface area contributed by atoms with E-state index in [1.54, 1.807) is 24.3 Å². The number of nitrogens with one attached hydrogen (secondary N) is 1. The third-order valence-corrected chi connectivity index (χ3v) is 6.48. The van der Waals surface area contributed by atoms with E-state index in [1.807, 2.05) is 92.7 Å². The quantitative estimate of drug-likeness (QED) is 0.465. The Bertz CT molecular complexity index is 1620. The van der Waals surface area contributed by atoms with E-state index >= 15 is 0 Å². The Morgan fingerprint density at radius 3 is 2.37 bits per heavy atom. The third-order valence-electron chi connectivity index (χ3n) is 5.37. The van der Waals surface area contributed by atoms with Crippen LogP contribution in [0.2, 0.25) is 0 Å². The molecule has 0 aliphatic heterocycles. The molecular weight excluding hydrogens is 454 g/mol. The fourth-order valence-corrected chi connectivity index (χ4v) is 4.59. The van der Waals surface area contributed by atoms with Gasteiger partial charge in [-0.3, -0.25) is 14.2 Å². The molecule has 0 radical (unpaired) electrons. The van der Waals surface area contributed by atoms with E-state index < -0.39 is 5.91 Å². The Hall–Kier alpha value is -4.47. The first kappa shape index (κ1) is 23.7. The monoisotopic (exact) mass is 477 g/mol. The van der Waals surface area contributed by atoms with Gasteiger partial charge in [-0.05, 0) is 54.8 Å². The summed E-state index contributed by atoms with van der Waals surface area (Å²) >= 11 is 1.12. The molecule has 4 aromatic rings. The van der Waals surface area contributed by atoms with Gasteiger partial charge in [-0.1, -0.05) is 72.8 Å². The summed E-state index contributed by atoms with van der Waals surface area (Å²) in [6.07, 6.45) is 5.40. The summed E-state index contributed by atoms with van der Waals surface area (Å²) < 4.78 is 2.13. The lowest BCUT2D eigenvalue weighted by atomic mass is 10.1. The highest BCUT2D eigenvalue weighted by molar-refractivity contribution is 7.07. The van der Waals surface area contributed by atoms with Crippen molar-refractivity contribution in [3.63, 3.8) is 0 Å². The van der Waals surface area contributed by atoms with Crippen molar-refractivity contribution in [2.45, 2.75) is 13.8 Å². The number of carbonyl (C=O) groups is 1. The molecule has 0 unspecified atom stereocenters. The Balaban J connectivity index is 1.88. The third kappa shape index (κ3) is 5.37. The molecule has 0 spiro atoms. The summed E-state index contributed by atoms with van der Waals surface area (Å²) in [6.45, 7) is 3.82. The minimum Gasteiger partial charge on any atom is -0.321 e. The van der Waals surface area contributed by atoms with Gasteiger partial charge in [0.05, 0.1) is 10.2 Å². The van der Waals surface area contributed by atoms with E-state index in [1.165, 1.54) is 4.57 Å². The first-order valence-corrected chi connectivity index (χ1v) is 11.8. The highest BCUT2D eigenvalue weighted by Gasteiger charge is 2.17. The first-order chi connectivity index (χ1) is 17.0. The van der Waals surface area contributed by atoms with Crippen LogP contribution in [0.4, 0.5) is 5.69 Å². The largest absolute Gasteiger partial charge is 0.321 e. The Kier molecular flexibility index (Phi) is 7.20. The van der Waals surface area contributed by atoms with Gasteiger partial charge >= 0.3 is 0 Å². The summed E-state index contributed by atoms with van der Waals surface area (Å²) in [5.74, 6) is -0.557. The molecule has 1 N–H and O–H groups in total. The smallest absolute Gasteiger partial charge is 0.273 e. The van der Waals surface area contributed by atoms with Gasteiger partial charge in [-0.2, -0.15) is 5.26 Å². The molecule has 0 atom stereocenters. The van der Waals surface area contributed by atoms with Crippen LogP contribution in [-0.4, -0.2) is 10.5 Å². The molecule has 3 aromatic carbocycles. The van der Waals surface area contributed by atoms with E-state index in [2.05, 4.69) is 5.32 Å². The van der Waals surface area contributed by atoms with E-state index in [4.69, 9.17) is 0 Å². The Labute approximate surface area is 207 Å². The number of amides is 1. The average molecular weight is 478 g/mol. The summed E-state index contributed by atoms with van der Waals surface area (Å²) in [6, 6.07) is 26.5. The molecule has 1 aromatic heterocycles. The fraction of sp³-hybridized carbons (Fsp3) is 0.0690. The maximum atomic E-state index is 13.4. The molecule has 0 saturated carbocycles. The first-order valence-electron chi connectivity index (χ1n) is 11.0. The minimum absolute atomic E-state index is 0.122. The second-order valence-corrected chi connectivity index (χ2v) is 8.97. The van der Waals surface area contributed by atoms with Crippen molar-refractivity contribution in [1.29, 1.82) is 5.26 Å². The van der Waals surface area contributed by atoms with Gasteiger partial charge in [0.15, 0.2) is 5.57 Å². The van der Waals surface area contributed by atoms with Crippen LogP contribution in [0.3, 0.4) is 0 Å². The number of rotatable bonds is 5. The summed E-state index contributed by atoms with van der Waals surface area (Å²) in [5.41, 5.74) is 3.68. The molecule has 0 aliphatic carbocycles. The second kappa shape index (κ2) is 10.6. The van der Waals surface area contributed by atoms with Crippen LogP contribution in [0.5, 0.6) is 0 Å². The number of nitrogens with zero attached hydrogens (tertiary/aromatic N) is 2. The summed E-state index contributed by atoms with van der Waals surface area (Å²) in [4.78, 5) is 26.6. The number of nitriles is 1. The molecule has 1 heterocycles. The number of carbonyl (C=O) groups excluding carboxylic acids is 1. The van der Waals surface area contributed by atoms with Crippen molar-refractivity contribution in [3.8, 4) is 11.8 Å². The topological polar surface area (TPSA) is 74.9 Å². The van der Waals surface area contributed by atoms with Gasteiger partial charge in [0.25, 0.3) is 11.5 Å². The van der Waals surface area contributed by atoms with E-state index in [0.29, 0.717) is 15.9 Å². The number of aromatic nitrogens is 1. The SMILES string of the molecule is Cc1ccc(C)c(NC(=O)C(C#N)=c2sc(=CC=Cc3ccccc3)c(=O)n2-c2ccccc2)c1. The van der Waals surface area contributed by atoms with Crippen molar-refractivity contribution < 1.29 is 4.79 Å². The predicted molar refractivity (Wildman–Crippen MR) is 143 cm³/mol. The molecule has 6 heteroatoms. The minimum atomic E-state index is -0.557. The van der Waals surface area contributed by atoms with Gasteiger partial charge < -0.3 is 5.32 Å². The molecule has 0 bridgehead atoms. The number of aryl methyl sites for hydroxylation is 2. The predicted octanol–water partition coefficient (Wildman–Crippen LogP) is 4.32. The lowest BCUT2D eigenvalue weighted by Gasteiger charge is -2.09. The van der Waals surface area contributed by atoms with Gasteiger partial charge in [0.1, 0.15) is 10.7 Å². The van der Waals surface area contributed by atoms with E-state index in [9.17, 15) is 14.9 Å². The van der Waals surface area contributed by atoms with Crippen LogP contribution < -0.4 is 20.1 Å². The van der Waals surface area contributed by atoms with Gasteiger partial charge in [-0.25, -0.2) is 0 Å². The molecule has 1 amide bonds. The molecule has 0 saturated heterocycles. The number of allylic oxidation sites excluding steroid dienone is 1. The molecule has 0 fully saturated rings. The zero-order valence-electron chi connectivity index (χ0n) is 19.4. The molecule has 0 aliphatic rings. The zero-order valence-corrected chi connectivity index (χ0v) is 20.2. The normalized spacial score (nSPS) is 12.4. The fourth-order valence-electron chi connectivity index (χ4n) is 3.54. The van der Waals surface area contributed by atoms with Gasteiger partial charge in [0, 0.05) is 5.69 Å². The summed E-state index contributed by atoms with van der Waals surface area (Å²) in [7, 11) is 0.